The Kier molecular flexibility index (Phi) is 5.87. The summed E-state index contributed by atoms with van der Waals surface area (Å²) in [7, 11) is 0. The quantitative estimate of drug-likeness (QED) is 0.879. The molecule has 3 rings (SSSR count). The van der Waals surface area contributed by atoms with E-state index in [1.165, 1.54) is 5.56 Å². The van der Waals surface area contributed by atoms with Gasteiger partial charge in [-0.1, -0.05) is 12.1 Å². The van der Waals surface area contributed by atoms with Gasteiger partial charge in [0.2, 0.25) is 5.91 Å². The van der Waals surface area contributed by atoms with Crippen LogP contribution in [-0.4, -0.2) is 35.4 Å². The maximum atomic E-state index is 12.0. The van der Waals surface area contributed by atoms with Crippen LogP contribution in [0.4, 0.5) is 0 Å². The third kappa shape index (κ3) is 4.92. The minimum Gasteiger partial charge on any atom is -0.381 e. The number of aryl methyl sites for hydroxylation is 3. The van der Waals surface area contributed by atoms with Crippen molar-refractivity contribution < 1.29 is 9.53 Å². The highest BCUT2D eigenvalue weighted by Gasteiger charge is 2.14. The molecule has 0 bridgehead atoms. The van der Waals surface area contributed by atoms with Crippen molar-refractivity contribution in [2.75, 3.05) is 19.8 Å². The maximum Gasteiger partial charge on any atom is 0.220 e. The van der Waals surface area contributed by atoms with Crippen molar-refractivity contribution in [2.24, 2.45) is 5.92 Å². The lowest BCUT2D eigenvalue weighted by Gasteiger charge is -2.22. The summed E-state index contributed by atoms with van der Waals surface area (Å²) >= 11 is 0. The topological polar surface area (TPSA) is 56.2 Å². The lowest BCUT2D eigenvalue weighted by Crippen LogP contribution is -2.32. The van der Waals surface area contributed by atoms with Gasteiger partial charge in [-0.05, 0) is 62.8 Å². The molecule has 0 spiro atoms. The van der Waals surface area contributed by atoms with Crippen LogP contribution in [0.25, 0.3) is 5.69 Å². The van der Waals surface area contributed by atoms with Gasteiger partial charge in [-0.3, -0.25) is 4.79 Å². The van der Waals surface area contributed by atoms with Crippen molar-refractivity contribution in [1.29, 1.82) is 0 Å². The summed E-state index contributed by atoms with van der Waals surface area (Å²) in [6.07, 6.45) is 3.39. The number of aromatic nitrogens is 2. The molecular weight excluding hydrogens is 314 g/mol. The Balaban J connectivity index is 1.46. The predicted molar refractivity (Wildman–Crippen MR) is 97.9 cm³/mol. The molecule has 1 aromatic carbocycles. The van der Waals surface area contributed by atoms with E-state index in [0.717, 1.165) is 56.1 Å². The van der Waals surface area contributed by atoms with Gasteiger partial charge in [0, 0.05) is 31.9 Å². The highest BCUT2D eigenvalue weighted by molar-refractivity contribution is 5.76. The third-order valence-electron chi connectivity index (χ3n) is 4.76. The van der Waals surface area contributed by atoms with Crippen LogP contribution in [0.3, 0.4) is 0 Å². The van der Waals surface area contributed by atoms with E-state index in [1.807, 2.05) is 11.6 Å². The zero-order valence-electron chi connectivity index (χ0n) is 15.1. The molecule has 1 aromatic heterocycles. The standard InChI is InChI=1S/C20H27N3O2/c1-15-13-16(2)23(22-15)19-6-3-17(4-7-19)5-8-20(24)21-14-18-9-11-25-12-10-18/h3-4,6-7,13,18H,5,8-12,14H2,1-2H3,(H,21,24). The van der Waals surface area contributed by atoms with Gasteiger partial charge in [0.15, 0.2) is 0 Å². The normalized spacial score (nSPS) is 15.3. The fraction of sp³-hybridized carbons (Fsp3) is 0.500. The minimum absolute atomic E-state index is 0.133. The van der Waals surface area contributed by atoms with E-state index in [2.05, 4.69) is 47.7 Å². The summed E-state index contributed by atoms with van der Waals surface area (Å²) in [5, 5.41) is 7.56. The molecule has 2 aromatic rings. The number of rotatable bonds is 6. The van der Waals surface area contributed by atoms with Crippen molar-refractivity contribution in [3.63, 3.8) is 0 Å². The van der Waals surface area contributed by atoms with E-state index >= 15 is 0 Å². The average molecular weight is 341 g/mol. The van der Waals surface area contributed by atoms with Crippen molar-refractivity contribution in [2.45, 2.75) is 39.5 Å². The van der Waals surface area contributed by atoms with Crippen LogP contribution < -0.4 is 5.32 Å². The van der Waals surface area contributed by atoms with Crippen molar-refractivity contribution in [3.8, 4) is 5.69 Å². The second-order valence-corrected chi connectivity index (χ2v) is 6.87. The van der Waals surface area contributed by atoms with Gasteiger partial charge in [-0.2, -0.15) is 5.10 Å². The fourth-order valence-electron chi connectivity index (χ4n) is 3.25. The van der Waals surface area contributed by atoms with Gasteiger partial charge < -0.3 is 10.1 Å². The van der Waals surface area contributed by atoms with Crippen LogP contribution in [0.2, 0.25) is 0 Å². The van der Waals surface area contributed by atoms with Crippen LogP contribution >= 0.6 is 0 Å². The summed E-state index contributed by atoms with van der Waals surface area (Å²) in [6, 6.07) is 10.4. The van der Waals surface area contributed by atoms with Gasteiger partial charge in [-0.15, -0.1) is 0 Å². The van der Waals surface area contributed by atoms with Gasteiger partial charge in [-0.25, -0.2) is 4.68 Å². The summed E-state index contributed by atoms with van der Waals surface area (Å²) in [5.41, 5.74) is 4.37. The Labute approximate surface area is 149 Å². The molecule has 5 heteroatoms. The summed E-state index contributed by atoms with van der Waals surface area (Å²) in [4.78, 5) is 12.0. The van der Waals surface area contributed by atoms with Crippen LogP contribution in [-0.2, 0) is 16.0 Å². The molecule has 1 saturated heterocycles. The minimum atomic E-state index is 0.133. The number of carbonyl (C=O) groups excluding carboxylic acids is 1. The predicted octanol–water partition coefficient (Wildman–Crippen LogP) is 2.96. The molecule has 1 aliphatic heterocycles. The number of nitrogens with one attached hydrogen (secondary N) is 1. The summed E-state index contributed by atoms with van der Waals surface area (Å²) in [5.74, 6) is 0.701. The molecular formula is C20H27N3O2. The van der Waals surface area contributed by atoms with Crippen molar-refractivity contribution in [1.82, 2.24) is 15.1 Å². The van der Waals surface area contributed by atoms with Crippen LogP contribution in [0.1, 0.15) is 36.2 Å². The maximum absolute atomic E-state index is 12.0. The van der Waals surface area contributed by atoms with Gasteiger partial charge in [0.1, 0.15) is 0 Å². The largest absolute Gasteiger partial charge is 0.381 e. The van der Waals surface area contributed by atoms with E-state index in [1.54, 1.807) is 0 Å². The smallest absolute Gasteiger partial charge is 0.220 e. The van der Waals surface area contributed by atoms with E-state index < -0.39 is 0 Å². The number of hydrogen-bond donors (Lipinski definition) is 1. The summed E-state index contributed by atoms with van der Waals surface area (Å²) in [6.45, 7) is 6.47. The Morgan fingerprint density at radius 3 is 2.60 bits per heavy atom. The molecule has 1 N–H and O–H groups in total. The first-order valence-corrected chi connectivity index (χ1v) is 9.09. The molecule has 0 aliphatic carbocycles. The number of carbonyl (C=O) groups is 1. The molecule has 25 heavy (non-hydrogen) atoms. The zero-order valence-corrected chi connectivity index (χ0v) is 15.1. The van der Waals surface area contributed by atoms with Crippen molar-refractivity contribution >= 4 is 5.91 Å². The first kappa shape index (κ1) is 17.7. The van der Waals surface area contributed by atoms with Crippen LogP contribution in [0.15, 0.2) is 30.3 Å². The van der Waals surface area contributed by atoms with E-state index in [4.69, 9.17) is 4.74 Å². The zero-order chi connectivity index (χ0) is 17.6. The SMILES string of the molecule is Cc1cc(C)n(-c2ccc(CCC(=O)NCC3CCOCC3)cc2)n1. The molecule has 1 aliphatic rings. The monoisotopic (exact) mass is 341 g/mol. The molecule has 0 saturated carbocycles. The lowest BCUT2D eigenvalue weighted by atomic mass is 10.0. The number of hydrogen-bond acceptors (Lipinski definition) is 3. The van der Waals surface area contributed by atoms with Gasteiger partial charge in [0.25, 0.3) is 0 Å². The third-order valence-corrected chi connectivity index (χ3v) is 4.76. The van der Waals surface area contributed by atoms with Gasteiger partial charge >= 0.3 is 0 Å². The second-order valence-electron chi connectivity index (χ2n) is 6.87. The fourth-order valence-corrected chi connectivity index (χ4v) is 3.25. The number of amides is 1. The van der Waals surface area contributed by atoms with Crippen molar-refractivity contribution in [3.05, 3.63) is 47.3 Å². The first-order chi connectivity index (χ1) is 12.1. The molecule has 1 amide bonds. The molecule has 5 nitrogen and oxygen atoms in total. The Morgan fingerprint density at radius 2 is 1.96 bits per heavy atom. The molecule has 1 fully saturated rings. The first-order valence-electron chi connectivity index (χ1n) is 9.09. The molecule has 0 radical (unpaired) electrons. The van der Waals surface area contributed by atoms with E-state index in [-0.39, 0.29) is 5.91 Å². The Morgan fingerprint density at radius 1 is 1.24 bits per heavy atom. The molecule has 0 unspecified atom stereocenters. The highest BCUT2D eigenvalue weighted by atomic mass is 16.5. The van der Waals surface area contributed by atoms with Gasteiger partial charge in [0.05, 0.1) is 11.4 Å². The second kappa shape index (κ2) is 8.30. The average Bonchev–Trinajstić information content (AvgIpc) is 2.98. The molecule has 0 atom stereocenters. The number of benzene rings is 1. The Bertz CT molecular complexity index is 700. The number of nitrogens with zero attached hydrogens (tertiary/aromatic N) is 2. The lowest BCUT2D eigenvalue weighted by molar-refractivity contribution is -0.121. The summed E-state index contributed by atoms with van der Waals surface area (Å²) < 4.78 is 7.29. The highest BCUT2D eigenvalue weighted by Crippen LogP contribution is 2.15. The van der Waals surface area contributed by atoms with Crippen LogP contribution in [0.5, 0.6) is 0 Å². The van der Waals surface area contributed by atoms with Crippen LogP contribution in [0, 0.1) is 19.8 Å². The number of ether oxygens (including phenoxy) is 1. The molecule has 2 heterocycles. The van der Waals surface area contributed by atoms with E-state index in [0.29, 0.717) is 12.3 Å². The van der Waals surface area contributed by atoms with E-state index in [9.17, 15) is 4.79 Å². The molecule has 134 valence electrons. The Hall–Kier alpha value is -2.14.